The Hall–Kier alpha value is -2.34. The number of anilines is 1. The third kappa shape index (κ3) is 2.67. The van der Waals surface area contributed by atoms with Gasteiger partial charge in [0.15, 0.2) is 0 Å². The zero-order valence-corrected chi connectivity index (χ0v) is 14.3. The molecule has 128 valence electrons. The van der Waals surface area contributed by atoms with Crippen molar-refractivity contribution in [3.63, 3.8) is 0 Å². The number of aliphatic hydroxyl groups is 1. The van der Waals surface area contributed by atoms with Gasteiger partial charge in [0.1, 0.15) is 11.5 Å². The van der Waals surface area contributed by atoms with Gasteiger partial charge in [0.05, 0.1) is 29.5 Å². The Morgan fingerprint density at radius 2 is 2.12 bits per heavy atom. The van der Waals surface area contributed by atoms with Crippen LogP contribution in [0.5, 0.6) is 5.75 Å². The van der Waals surface area contributed by atoms with Gasteiger partial charge < -0.3 is 19.7 Å². The molecule has 0 fully saturated rings. The lowest BCUT2D eigenvalue weighted by Gasteiger charge is -2.27. The van der Waals surface area contributed by atoms with Crippen molar-refractivity contribution in [2.45, 2.75) is 45.6 Å². The average molecular weight is 330 g/mol. The van der Waals surface area contributed by atoms with Gasteiger partial charge in [0, 0.05) is 17.5 Å². The number of para-hydroxylation sites is 1. The van der Waals surface area contributed by atoms with E-state index in [4.69, 9.17) is 9.26 Å². The topological polar surface area (TPSA) is 84.6 Å². The molecule has 0 saturated carbocycles. The number of aryl methyl sites for hydroxylation is 2. The number of hydrogen-bond acceptors (Lipinski definition) is 5. The van der Waals surface area contributed by atoms with E-state index in [1.165, 1.54) is 0 Å². The van der Waals surface area contributed by atoms with Crippen molar-refractivity contribution in [3.8, 4) is 5.75 Å². The number of nitrogens with zero attached hydrogens (tertiary/aromatic N) is 1. The SMILES string of the molecule is Cc1noc(C)c1C(C)(C)C(=O)Nc1cccc2c1OCCC2O. The van der Waals surface area contributed by atoms with Crippen molar-refractivity contribution in [2.24, 2.45) is 0 Å². The summed E-state index contributed by atoms with van der Waals surface area (Å²) in [6.45, 7) is 7.72. The highest BCUT2D eigenvalue weighted by molar-refractivity contribution is 6.00. The Bertz CT molecular complexity index is 760. The molecule has 2 N–H and O–H groups in total. The molecule has 1 aliphatic heterocycles. The molecule has 24 heavy (non-hydrogen) atoms. The second-order valence-electron chi connectivity index (χ2n) is 6.66. The van der Waals surface area contributed by atoms with Crippen LogP contribution in [0.4, 0.5) is 5.69 Å². The lowest BCUT2D eigenvalue weighted by molar-refractivity contribution is -0.120. The molecule has 0 radical (unpaired) electrons. The first-order valence-corrected chi connectivity index (χ1v) is 8.01. The van der Waals surface area contributed by atoms with E-state index in [0.29, 0.717) is 41.5 Å². The molecule has 1 unspecified atom stereocenters. The summed E-state index contributed by atoms with van der Waals surface area (Å²) < 4.78 is 10.9. The maximum absolute atomic E-state index is 12.9. The summed E-state index contributed by atoms with van der Waals surface area (Å²) in [4.78, 5) is 12.9. The molecular formula is C18H22N2O4. The molecule has 1 atom stereocenters. The zero-order chi connectivity index (χ0) is 17.5. The highest BCUT2D eigenvalue weighted by Gasteiger charge is 2.36. The number of amides is 1. The van der Waals surface area contributed by atoms with Crippen LogP contribution in [-0.4, -0.2) is 22.8 Å². The van der Waals surface area contributed by atoms with Crippen molar-refractivity contribution < 1.29 is 19.2 Å². The molecule has 2 aromatic rings. The molecule has 0 saturated heterocycles. The molecule has 1 aromatic carbocycles. The number of hydrogen-bond donors (Lipinski definition) is 2. The van der Waals surface area contributed by atoms with Gasteiger partial charge in [0.2, 0.25) is 5.91 Å². The van der Waals surface area contributed by atoms with Crippen molar-refractivity contribution in [1.29, 1.82) is 0 Å². The van der Waals surface area contributed by atoms with Gasteiger partial charge in [-0.1, -0.05) is 17.3 Å². The largest absolute Gasteiger partial charge is 0.491 e. The lowest BCUT2D eigenvalue weighted by atomic mass is 9.82. The molecule has 0 bridgehead atoms. The molecule has 0 spiro atoms. The Kier molecular flexibility index (Phi) is 4.09. The van der Waals surface area contributed by atoms with Gasteiger partial charge in [-0.3, -0.25) is 4.79 Å². The Labute approximate surface area is 140 Å². The molecule has 2 heterocycles. The van der Waals surface area contributed by atoms with Crippen LogP contribution in [0.3, 0.4) is 0 Å². The van der Waals surface area contributed by atoms with Crippen LogP contribution in [0.1, 0.15) is 49.0 Å². The smallest absolute Gasteiger partial charge is 0.234 e. The van der Waals surface area contributed by atoms with Crippen LogP contribution in [0.25, 0.3) is 0 Å². The number of fused-ring (bicyclic) bond motifs is 1. The average Bonchev–Trinajstić information content (AvgIpc) is 2.87. The maximum Gasteiger partial charge on any atom is 0.234 e. The number of ether oxygens (including phenoxy) is 1. The Morgan fingerprint density at radius 3 is 2.79 bits per heavy atom. The van der Waals surface area contributed by atoms with Gasteiger partial charge in [0.25, 0.3) is 0 Å². The normalized spacial score (nSPS) is 17.1. The molecule has 0 aliphatic carbocycles. The second-order valence-corrected chi connectivity index (χ2v) is 6.66. The third-order valence-electron chi connectivity index (χ3n) is 4.52. The number of nitrogens with one attached hydrogen (secondary N) is 1. The van der Waals surface area contributed by atoms with E-state index >= 15 is 0 Å². The van der Waals surface area contributed by atoms with Crippen molar-refractivity contribution in [1.82, 2.24) is 5.16 Å². The van der Waals surface area contributed by atoms with Gasteiger partial charge in [-0.25, -0.2) is 0 Å². The first kappa shape index (κ1) is 16.5. The molecule has 1 aromatic heterocycles. The van der Waals surface area contributed by atoms with Gasteiger partial charge >= 0.3 is 0 Å². The maximum atomic E-state index is 12.9. The number of carbonyl (C=O) groups is 1. The van der Waals surface area contributed by atoms with Crippen molar-refractivity contribution >= 4 is 11.6 Å². The van der Waals surface area contributed by atoms with E-state index in [0.717, 1.165) is 5.56 Å². The van der Waals surface area contributed by atoms with Gasteiger partial charge in [-0.05, 0) is 33.8 Å². The van der Waals surface area contributed by atoms with E-state index in [-0.39, 0.29) is 5.91 Å². The van der Waals surface area contributed by atoms with Crippen LogP contribution < -0.4 is 10.1 Å². The molecule has 6 heteroatoms. The fourth-order valence-electron chi connectivity index (χ4n) is 3.27. The minimum atomic E-state index is -0.815. The first-order chi connectivity index (χ1) is 11.3. The van der Waals surface area contributed by atoms with Crippen molar-refractivity contribution in [2.75, 3.05) is 11.9 Å². The number of rotatable bonds is 3. The summed E-state index contributed by atoms with van der Waals surface area (Å²) in [5.41, 5.74) is 1.94. The highest BCUT2D eigenvalue weighted by atomic mass is 16.5. The summed E-state index contributed by atoms with van der Waals surface area (Å²) in [6.07, 6.45) is -0.0178. The minimum absolute atomic E-state index is 0.186. The first-order valence-electron chi connectivity index (χ1n) is 8.01. The summed E-state index contributed by atoms with van der Waals surface area (Å²) >= 11 is 0. The summed E-state index contributed by atoms with van der Waals surface area (Å²) in [7, 11) is 0. The monoisotopic (exact) mass is 330 g/mol. The van der Waals surface area contributed by atoms with Crippen molar-refractivity contribution in [3.05, 3.63) is 40.8 Å². The van der Waals surface area contributed by atoms with Crippen LogP contribution in [0.2, 0.25) is 0 Å². The lowest BCUT2D eigenvalue weighted by Crippen LogP contribution is -2.36. The van der Waals surface area contributed by atoms with Gasteiger partial charge in [-0.15, -0.1) is 0 Å². The summed E-state index contributed by atoms with van der Waals surface area (Å²) in [5.74, 6) is 0.988. The van der Waals surface area contributed by atoms with E-state index in [1.807, 2.05) is 26.8 Å². The number of aromatic nitrogens is 1. The minimum Gasteiger partial charge on any atom is -0.491 e. The number of benzene rings is 1. The quantitative estimate of drug-likeness (QED) is 0.903. The molecule has 6 nitrogen and oxygen atoms in total. The van der Waals surface area contributed by atoms with E-state index in [9.17, 15) is 9.90 Å². The summed E-state index contributed by atoms with van der Waals surface area (Å²) in [6, 6.07) is 5.39. The number of carbonyl (C=O) groups excluding carboxylic acids is 1. The Morgan fingerprint density at radius 1 is 1.38 bits per heavy atom. The van der Waals surface area contributed by atoms with Crippen LogP contribution in [-0.2, 0) is 10.2 Å². The van der Waals surface area contributed by atoms with E-state index < -0.39 is 11.5 Å². The molecule has 3 rings (SSSR count). The molecule has 1 amide bonds. The van der Waals surface area contributed by atoms with Crippen LogP contribution >= 0.6 is 0 Å². The number of aliphatic hydroxyl groups excluding tert-OH is 1. The highest BCUT2D eigenvalue weighted by Crippen LogP contribution is 2.39. The fraction of sp³-hybridized carbons (Fsp3) is 0.444. The van der Waals surface area contributed by atoms with E-state index in [2.05, 4.69) is 10.5 Å². The summed E-state index contributed by atoms with van der Waals surface area (Å²) in [5, 5.41) is 17.0. The zero-order valence-electron chi connectivity index (χ0n) is 14.3. The van der Waals surface area contributed by atoms with Gasteiger partial charge in [-0.2, -0.15) is 0 Å². The molecular weight excluding hydrogens is 308 g/mol. The predicted molar refractivity (Wildman–Crippen MR) is 89.1 cm³/mol. The third-order valence-corrected chi connectivity index (χ3v) is 4.52. The standard InChI is InChI=1S/C18H22N2O4/c1-10-15(11(2)24-20-10)18(3,4)17(22)19-13-7-5-6-12-14(21)8-9-23-16(12)13/h5-7,14,21H,8-9H2,1-4H3,(H,19,22). The predicted octanol–water partition coefficient (Wildman–Crippen LogP) is 3.02. The Balaban J connectivity index is 1.92. The second kappa shape index (κ2) is 5.94. The fourth-order valence-corrected chi connectivity index (χ4v) is 3.27. The molecule has 1 aliphatic rings. The van der Waals surface area contributed by atoms with Crippen LogP contribution in [0.15, 0.2) is 22.7 Å². The van der Waals surface area contributed by atoms with E-state index in [1.54, 1.807) is 19.1 Å². The van der Waals surface area contributed by atoms with Crippen LogP contribution in [0, 0.1) is 13.8 Å².